The number of nitrogens with two attached hydrogens (primary N) is 1. The first-order valence-corrected chi connectivity index (χ1v) is 11.3. The van der Waals surface area contributed by atoms with Crippen LogP contribution in [0.1, 0.15) is 40.0 Å². The van der Waals surface area contributed by atoms with E-state index >= 15 is 0 Å². The van der Waals surface area contributed by atoms with Crippen molar-refractivity contribution in [3.05, 3.63) is 24.0 Å². The average molecular weight is 465 g/mol. The minimum atomic E-state index is -0.851. The molecule has 1 aromatic rings. The first-order chi connectivity index (χ1) is 15.5. The van der Waals surface area contributed by atoms with Gasteiger partial charge in [-0.2, -0.15) is 0 Å². The lowest BCUT2D eigenvalue weighted by atomic mass is 10.2. The van der Waals surface area contributed by atoms with E-state index in [0.717, 1.165) is 17.7 Å². The number of hydrogen-bond donors (Lipinski definition) is 1. The number of halogens is 1. The maximum atomic E-state index is 14.6. The van der Waals surface area contributed by atoms with Gasteiger partial charge in [-0.05, 0) is 57.7 Å². The molecule has 0 spiro atoms. The summed E-state index contributed by atoms with van der Waals surface area (Å²) >= 11 is 0. The lowest BCUT2D eigenvalue weighted by molar-refractivity contribution is -0.143. The van der Waals surface area contributed by atoms with Gasteiger partial charge in [0, 0.05) is 38.4 Å². The van der Waals surface area contributed by atoms with Crippen LogP contribution in [0, 0.1) is 11.7 Å². The van der Waals surface area contributed by atoms with Crippen molar-refractivity contribution in [3.8, 4) is 0 Å². The molecular formula is C23H33FN4O5. The zero-order valence-corrected chi connectivity index (χ0v) is 19.5. The molecule has 0 unspecified atom stereocenters. The van der Waals surface area contributed by atoms with Crippen LogP contribution in [0.25, 0.3) is 0 Å². The second-order valence-electron chi connectivity index (χ2n) is 9.46. The smallest absolute Gasteiger partial charge is 0.410 e. The first-order valence-electron chi connectivity index (χ1n) is 11.3. The normalized spacial score (nSPS) is 16.4. The molecule has 2 N–H and O–H groups in total. The van der Waals surface area contributed by atoms with Crippen LogP contribution in [-0.2, 0) is 14.3 Å². The number of esters is 1. The average Bonchev–Trinajstić information content (AvgIpc) is 3.57. The van der Waals surface area contributed by atoms with Gasteiger partial charge in [-0.25, -0.2) is 14.0 Å². The van der Waals surface area contributed by atoms with E-state index in [2.05, 4.69) is 0 Å². The van der Waals surface area contributed by atoms with Gasteiger partial charge < -0.3 is 25.0 Å². The van der Waals surface area contributed by atoms with Gasteiger partial charge in [-0.15, -0.1) is 0 Å². The molecule has 1 aromatic carbocycles. The predicted molar refractivity (Wildman–Crippen MR) is 122 cm³/mol. The highest BCUT2D eigenvalue weighted by atomic mass is 19.1. The van der Waals surface area contributed by atoms with Crippen molar-refractivity contribution in [2.24, 2.45) is 11.7 Å². The fraction of sp³-hybridized carbons (Fsp3) is 0.609. The Balaban J connectivity index is 1.62. The zero-order valence-electron chi connectivity index (χ0n) is 19.5. The van der Waals surface area contributed by atoms with Crippen LogP contribution in [0.4, 0.5) is 25.4 Å². The minimum Gasteiger partial charge on any atom is -0.465 e. The van der Waals surface area contributed by atoms with Gasteiger partial charge in [-0.1, -0.05) is 0 Å². The zero-order chi connectivity index (χ0) is 24.2. The van der Waals surface area contributed by atoms with Crippen molar-refractivity contribution in [1.82, 2.24) is 4.90 Å². The largest absolute Gasteiger partial charge is 0.465 e. The number of carbonyl (C=O) groups is 3. The van der Waals surface area contributed by atoms with E-state index in [1.807, 2.05) is 25.7 Å². The van der Waals surface area contributed by atoms with Crippen LogP contribution in [0.3, 0.4) is 0 Å². The lowest BCUT2D eigenvalue weighted by Crippen LogP contribution is -2.50. The molecule has 33 heavy (non-hydrogen) atoms. The summed E-state index contributed by atoms with van der Waals surface area (Å²) in [5.74, 6) is -0.620. The maximum absolute atomic E-state index is 14.6. The van der Waals surface area contributed by atoms with Gasteiger partial charge in [0.05, 0.1) is 18.7 Å². The van der Waals surface area contributed by atoms with Gasteiger partial charge in [0.1, 0.15) is 11.4 Å². The molecule has 1 aliphatic carbocycles. The SMILES string of the molecule is CC(C)(C)OC(=O)N1CCN(c2ccc(F)c(N(CCC(=O)OCC3CC3)C(N)=O)c2)CC1. The number of amides is 3. The Morgan fingerprint density at radius 1 is 1.15 bits per heavy atom. The third-order valence-corrected chi connectivity index (χ3v) is 5.50. The number of ether oxygens (including phenoxy) is 2. The van der Waals surface area contributed by atoms with Crippen LogP contribution in [0.2, 0.25) is 0 Å². The molecule has 2 fully saturated rings. The molecule has 0 atom stereocenters. The number of benzene rings is 1. The molecule has 0 radical (unpaired) electrons. The summed E-state index contributed by atoms with van der Waals surface area (Å²) < 4.78 is 25.2. The second kappa shape index (κ2) is 10.3. The van der Waals surface area contributed by atoms with E-state index in [9.17, 15) is 18.8 Å². The highest BCUT2D eigenvalue weighted by Crippen LogP contribution is 2.29. The summed E-state index contributed by atoms with van der Waals surface area (Å²) in [6.45, 7) is 7.71. The Morgan fingerprint density at radius 2 is 1.82 bits per heavy atom. The summed E-state index contributed by atoms with van der Waals surface area (Å²) in [7, 11) is 0. The van der Waals surface area contributed by atoms with Crippen LogP contribution >= 0.6 is 0 Å². The van der Waals surface area contributed by atoms with Crippen LogP contribution < -0.4 is 15.5 Å². The molecule has 1 aliphatic heterocycles. The lowest BCUT2D eigenvalue weighted by Gasteiger charge is -2.37. The van der Waals surface area contributed by atoms with Crippen LogP contribution in [-0.4, -0.2) is 67.9 Å². The second-order valence-corrected chi connectivity index (χ2v) is 9.46. The Hall–Kier alpha value is -3.04. The van der Waals surface area contributed by atoms with Crippen LogP contribution in [0.5, 0.6) is 0 Å². The summed E-state index contributed by atoms with van der Waals surface area (Å²) in [4.78, 5) is 40.9. The van der Waals surface area contributed by atoms with E-state index in [-0.39, 0.29) is 24.7 Å². The standard InChI is InChI=1S/C23H33FN4O5/c1-23(2,3)33-22(31)27-12-10-26(11-13-27)17-6-7-18(24)19(14-17)28(21(25)30)9-8-20(29)32-15-16-4-5-16/h6-7,14,16H,4-5,8-13,15H2,1-3H3,(H2,25,30). The van der Waals surface area contributed by atoms with Crippen molar-refractivity contribution in [2.45, 2.75) is 45.6 Å². The molecule has 0 aromatic heterocycles. The van der Waals surface area contributed by atoms with Gasteiger partial charge >= 0.3 is 18.1 Å². The highest BCUT2D eigenvalue weighted by molar-refractivity contribution is 5.92. The molecule has 1 heterocycles. The molecule has 3 rings (SSSR count). The van der Waals surface area contributed by atoms with E-state index in [1.54, 1.807) is 17.0 Å². The van der Waals surface area contributed by atoms with Gasteiger partial charge in [0.25, 0.3) is 0 Å². The molecule has 1 saturated heterocycles. The minimum absolute atomic E-state index is 0.00423. The highest BCUT2D eigenvalue weighted by Gasteiger charge is 2.27. The monoisotopic (exact) mass is 464 g/mol. The van der Waals surface area contributed by atoms with Crippen molar-refractivity contribution in [1.29, 1.82) is 0 Å². The summed E-state index contributed by atoms with van der Waals surface area (Å²) in [5, 5.41) is 0. The summed E-state index contributed by atoms with van der Waals surface area (Å²) in [6.07, 6.45) is 1.68. The number of urea groups is 1. The number of hydrogen-bond acceptors (Lipinski definition) is 6. The van der Waals surface area contributed by atoms with Gasteiger partial charge in [-0.3, -0.25) is 9.69 Å². The van der Waals surface area contributed by atoms with Gasteiger partial charge in [0.15, 0.2) is 0 Å². The number of rotatable bonds is 7. The predicted octanol–water partition coefficient (Wildman–Crippen LogP) is 3.11. The molecule has 9 nitrogen and oxygen atoms in total. The first kappa shape index (κ1) is 24.6. The van der Waals surface area contributed by atoms with Crippen molar-refractivity contribution >= 4 is 29.5 Å². The fourth-order valence-corrected chi connectivity index (χ4v) is 3.50. The number of carbonyl (C=O) groups excluding carboxylic acids is 3. The molecule has 10 heteroatoms. The molecular weight excluding hydrogens is 431 g/mol. The third kappa shape index (κ3) is 7.23. The van der Waals surface area contributed by atoms with Crippen molar-refractivity contribution in [3.63, 3.8) is 0 Å². The molecule has 1 saturated carbocycles. The Bertz CT molecular complexity index is 876. The molecule has 2 aliphatic rings. The molecule has 3 amide bonds. The van der Waals surface area contributed by atoms with E-state index in [0.29, 0.717) is 44.4 Å². The number of nitrogens with zero attached hydrogens (tertiary/aromatic N) is 3. The number of piperazine rings is 1. The quantitative estimate of drug-likeness (QED) is 0.622. The molecule has 182 valence electrons. The van der Waals surface area contributed by atoms with E-state index in [1.165, 1.54) is 6.07 Å². The fourth-order valence-electron chi connectivity index (χ4n) is 3.50. The topological polar surface area (TPSA) is 105 Å². The maximum Gasteiger partial charge on any atom is 0.410 e. The third-order valence-electron chi connectivity index (χ3n) is 5.50. The number of primary amides is 1. The van der Waals surface area contributed by atoms with Gasteiger partial charge in [0.2, 0.25) is 0 Å². The summed E-state index contributed by atoms with van der Waals surface area (Å²) in [6, 6.07) is 3.58. The van der Waals surface area contributed by atoms with Crippen molar-refractivity contribution in [2.75, 3.05) is 49.1 Å². The van der Waals surface area contributed by atoms with Crippen LogP contribution in [0.15, 0.2) is 18.2 Å². The molecule has 0 bridgehead atoms. The van der Waals surface area contributed by atoms with E-state index < -0.39 is 23.4 Å². The van der Waals surface area contributed by atoms with Crippen molar-refractivity contribution < 1.29 is 28.2 Å². The Kier molecular flexibility index (Phi) is 7.65. The Labute approximate surface area is 193 Å². The Morgan fingerprint density at radius 3 is 2.39 bits per heavy atom. The number of anilines is 2. The summed E-state index contributed by atoms with van der Waals surface area (Å²) in [5.41, 5.74) is 5.61. The van der Waals surface area contributed by atoms with E-state index in [4.69, 9.17) is 15.2 Å².